The molecule has 0 spiro atoms. The molecule has 2 rings (SSSR count). The third-order valence-electron chi connectivity index (χ3n) is 4.57. The van der Waals surface area contributed by atoms with Gasteiger partial charge in [-0.15, -0.1) is 0 Å². The summed E-state index contributed by atoms with van der Waals surface area (Å²) >= 11 is 0. The Labute approximate surface area is 172 Å². The molecule has 1 atom stereocenters. The number of aliphatic imine (C=N–C) groups is 1. The van der Waals surface area contributed by atoms with Crippen LogP contribution in [0.2, 0.25) is 0 Å². The van der Waals surface area contributed by atoms with Crippen LogP contribution in [0.25, 0.3) is 0 Å². The van der Waals surface area contributed by atoms with E-state index in [-0.39, 0.29) is 24.0 Å². The smallest absolute Gasteiger partial charge is 0.401 e. The zero-order chi connectivity index (χ0) is 22.1. The number of likely N-dealkylation sites (tertiary alicyclic amines) is 1. The lowest BCUT2D eigenvalue weighted by Gasteiger charge is -2.19. The molecule has 11 heteroatoms. The highest BCUT2D eigenvalue weighted by Gasteiger charge is 2.34. The van der Waals surface area contributed by atoms with E-state index in [1.54, 1.807) is 32.2 Å². The van der Waals surface area contributed by atoms with Gasteiger partial charge in [-0.1, -0.05) is 12.1 Å². The molecule has 1 saturated heterocycles. The van der Waals surface area contributed by atoms with Crippen LogP contribution in [-0.4, -0.2) is 63.5 Å². The summed E-state index contributed by atoms with van der Waals surface area (Å²) < 4.78 is 73.1. The third kappa shape index (κ3) is 7.85. The lowest BCUT2D eigenvalue weighted by atomic mass is 10.1. The van der Waals surface area contributed by atoms with Gasteiger partial charge in [-0.2, -0.15) is 22.0 Å². The summed E-state index contributed by atoms with van der Waals surface area (Å²) in [6.07, 6.45) is -3.54. The van der Waals surface area contributed by atoms with E-state index < -0.39 is 19.3 Å². The summed E-state index contributed by atoms with van der Waals surface area (Å²) in [5.41, 5.74) is 0.460. The van der Waals surface area contributed by atoms with Crippen LogP contribution in [0.4, 0.5) is 22.0 Å². The van der Waals surface area contributed by atoms with Crippen molar-refractivity contribution in [1.82, 2.24) is 15.5 Å². The van der Waals surface area contributed by atoms with Crippen molar-refractivity contribution in [1.29, 1.82) is 0 Å². The maximum Gasteiger partial charge on any atom is 0.401 e. The van der Waals surface area contributed by atoms with E-state index in [0.717, 1.165) is 0 Å². The largest absolute Gasteiger partial charge is 0.490 e. The van der Waals surface area contributed by atoms with Gasteiger partial charge >= 0.3 is 12.8 Å². The zero-order valence-electron chi connectivity index (χ0n) is 16.9. The number of ether oxygens (including phenoxy) is 2. The van der Waals surface area contributed by atoms with Crippen molar-refractivity contribution in [2.24, 2.45) is 10.9 Å². The Kier molecular flexibility index (Phi) is 8.94. The number of guanidine groups is 1. The van der Waals surface area contributed by atoms with E-state index in [0.29, 0.717) is 44.2 Å². The van der Waals surface area contributed by atoms with Gasteiger partial charge in [0.05, 0.1) is 13.2 Å². The summed E-state index contributed by atoms with van der Waals surface area (Å²) in [4.78, 5) is 5.46. The second kappa shape index (κ2) is 11.2. The zero-order valence-corrected chi connectivity index (χ0v) is 16.9. The van der Waals surface area contributed by atoms with Gasteiger partial charge in [-0.05, 0) is 31.9 Å². The minimum atomic E-state index is -4.20. The van der Waals surface area contributed by atoms with Crippen molar-refractivity contribution in [3.8, 4) is 11.5 Å². The second-order valence-electron chi connectivity index (χ2n) is 6.87. The predicted octanol–water partition coefficient (Wildman–Crippen LogP) is 3.24. The van der Waals surface area contributed by atoms with E-state index in [4.69, 9.17) is 4.74 Å². The molecule has 1 aliphatic rings. The van der Waals surface area contributed by atoms with Gasteiger partial charge in [0.2, 0.25) is 0 Å². The molecule has 1 heterocycles. The van der Waals surface area contributed by atoms with Gasteiger partial charge < -0.3 is 20.1 Å². The van der Waals surface area contributed by atoms with Crippen molar-refractivity contribution in [2.45, 2.75) is 32.7 Å². The first-order valence-electron chi connectivity index (χ1n) is 9.65. The highest BCUT2D eigenvalue weighted by atomic mass is 19.4. The van der Waals surface area contributed by atoms with E-state index in [9.17, 15) is 22.0 Å². The Bertz CT molecular complexity index is 700. The predicted molar refractivity (Wildman–Crippen MR) is 103 cm³/mol. The average molecular weight is 438 g/mol. The molecular weight excluding hydrogens is 411 g/mol. The van der Waals surface area contributed by atoms with Crippen LogP contribution in [0.1, 0.15) is 18.9 Å². The highest BCUT2D eigenvalue weighted by Crippen LogP contribution is 2.32. The van der Waals surface area contributed by atoms with E-state index in [1.807, 2.05) is 0 Å². The van der Waals surface area contributed by atoms with Crippen LogP contribution < -0.4 is 20.1 Å². The van der Waals surface area contributed by atoms with Crippen LogP contribution in [0, 0.1) is 5.92 Å². The molecule has 1 fully saturated rings. The summed E-state index contributed by atoms with van der Waals surface area (Å²) in [5.74, 6) is 0.644. The first kappa shape index (κ1) is 24.0. The van der Waals surface area contributed by atoms with Crippen molar-refractivity contribution < 1.29 is 31.4 Å². The van der Waals surface area contributed by atoms with Crippen LogP contribution in [-0.2, 0) is 6.54 Å². The molecule has 1 unspecified atom stereocenters. The lowest BCUT2D eigenvalue weighted by molar-refractivity contribution is -0.143. The van der Waals surface area contributed by atoms with Gasteiger partial charge in [0.25, 0.3) is 0 Å². The Balaban J connectivity index is 1.89. The number of halogens is 5. The van der Waals surface area contributed by atoms with Gasteiger partial charge in [0, 0.05) is 32.2 Å². The SMILES string of the molecule is CCOc1cccc(CNC(=NC)NCC2CCN(CC(F)(F)F)C2)c1OC(F)F. The summed E-state index contributed by atoms with van der Waals surface area (Å²) in [6, 6.07) is 4.85. The van der Waals surface area contributed by atoms with E-state index in [2.05, 4.69) is 20.4 Å². The molecule has 170 valence electrons. The fraction of sp³-hybridized carbons (Fsp3) is 0.632. The number of nitrogens with one attached hydrogen (secondary N) is 2. The standard InChI is InChI=1S/C19H27F5N4O2/c1-3-29-15-6-4-5-14(16(15)30-17(20)21)10-27-18(25-2)26-9-13-7-8-28(11-13)12-19(22,23)24/h4-6,13,17H,3,7-12H2,1-2H3,(H2,25,26,27). The number of alkyl halides is 5. The monoisotopic (exact) mass is 438 g/mol. The molecule has 1 aromatic rings. The number of nitrogens with zero attached hydrogens (tertiary/aromatic N) is 2. The van der Waals surface area contributed by atoms with Gasteiger partial charge in [-0.25, -0.2) is 0 Å². The van der Waals surface area contributed by atoms with Gasteiger partial charge in [-0.3, -0.25) is 9.89 Å². The fourth-order valence-corrected chi connectivity index (χ4v) is 3.31. The lowest BCUT2D eigenvalue weighted by Crippen LogP contribution is -2.40. The molecule has 6 nitrogen and oxygen atoms in total. The molecule has 0 radical (unpaired) electrons. The first-order chi connectivity index (χ1) is 14.2. The van der Waals surface area contributed by atoms with Gasteiger partial charge in [0.15, 0.2) is 17.5 Å². The molecule has 2 N–H and O–H groups in total. The average Bonchev–Trinajstić information content (AvgIpc) is 3.09. The normalized spacial score (nSPS) is 18.0. The molecule has 30 heavy (non-hydrogen) atoms. The third-order valence-corrected chi connectivity index (χ3v) is 4.57. The maximum absolute atomic E-state index is 12.8. The minimum absolute atomic E-state index is 0.0455. The summed E-state index contributed by atoms with van der Waals surface area (Å²) in [6.45, 7) is -0.512. The number of para-hydroxylation sites is 1. The van der Waals surface area contributed by atoms with Crippen molar-refractivity contribution in [2.75, 3.05) is 39.8 Å². The molecular formula is C19H27F5N4O2. The highest BCUT2D eigenvalue weighted by molar-refractivity contribution is 5.79. The topological polar surface area (TPSA) is 58.1 Å². The number of hydrogen-bond donors (Lipinski definition) is 2. The Hall–Kier alpha value is -2.30. The number of rotatable bonds is 9. The Morgan fingerprint density at radius 1 is 1.30 bits per heavy atom. The van der Waals surface area contributed by atoms with Crippen molar-refractivity contribution in [3.63, 3.8) is 0 Å². The molecule has 0 bridgehead atoms. The quantitative estimate of drug-likeness (QED) is 0.352. The molecule has 0 aromatic heterocycles. The molecule has 0 amide bonds. The Morgan fingerprint density at radius 2 is 2.07 bits per heavy atom. The van der Waals surface area contributed by atoms with E-state index >= 15 is 0 Å². The van der Waals surface area contributed by atoms with E-state index in [1.165, 1.54) is 4.90 Å². The van der Waals surface area contributed by atoms with Crippen LogP contribution >= 0.6 is 0 Å². The van der Waals surface area contributed by atoms with Gasteiger partial charge in [0.1, 0.15) is 0 Å². The van der Waals surface area contributed by atoms with Crippen molar-refractivity contribution >= 4 is 5.96 Å². The molecule has 0 aliphatic carbocycles. The first-order valence-corrected chi connectivity index (χ1v) is 9.65. The number of benzene rings is 1. The Morgan fingerprint density at radius 3 is 2.70 bits per heavy atom. The van der Waals surface area contributed by atoms with Crippen LogP contribution in [0.15, 0.2) is 23.2 Å². The molecule has 0 saturated carbocycles. The maximum atomic E-state index is 12.8. The second-order valence-corrected chi connectivity index (χ2v) is 6.87. The van der Waals surface area contributed by atoms with Crippen molar-refractivity contribution in [3.05, 3.63) is 23.8 Å². The number of hydrogen-bond acceptors (Lipinski definition) is 4. The summed E-state index contributed by atoms with van der Waals surface area (Å²) in [7, 11) is 1.55. The van der Waals surface area contributed by atoms with Crippen LogP contribution in [0.5, 0.6) is 11.5 Å². The summed E-state index contributed by atoms with van der Waals surface area (Å²) in [5, 5.41) is 6.08. The molecule has 1 aromatic carbocycles. The van der Waals surface area contributed by atoms with Crippen LogP contribution in [0.3, 0.4) is 0 Å². The fourth-order valence-electron chi connectivity index (χ4n) is 3.31. The minimum Gasteiger partial charge on any atom is -0.490 e. The molecule has 1 aliphatic heterocycles.